The van der Waals surface area contributed by atoms with Gasteiger partial charge in [-0.25, -0.2) is 4.39 Å². The number of halogens is 1. The van der Waals surface area contributed by atoms with Gasteiger partial charge in [-0.3, -0.25) is 0 Å². The predicted octanol–water partition coefficient (Wildman–Crippen LogP) is 2.72. The van der Waals surface area contributed by atoms with Gasteiger partial charge in [0.15, 0.2) is 0 Å². The Morgan fingerprint density at radius 3 is 2.52 bits per heavy atom. The van der Waals surface area contributed by atoms with Crippen LogP contribution in [0, 0.1) is 5.82 Å². The minimum absolute atomic E-state index is 0.292. The molecule has 3 aromatic rings. The molecule has 3 rings (SSSR count). The number of aliphatic hydroxyl groups excluding tert-OH is 2. The molecule has 0 saturated heterocycles. The summed E-state index contributed by atoms with van der Waals surface area (Å²) in [6.07, 6.45) is 0.869. The predicted molar refractivity (Wildman–Crippen MR) is 79.6 cm³/mol. The van der Waals surface area contributed by atoms with E-state index in [1.807, 2.05) is 34.9 Å². The molecule has 0 saturated carbocycles. The molecule has 0 aliphatic rings. The molecule has 1 heterocycles. The molecule has 2 aromatic carbocycles. The maximum absolute atomic E-state index is 13.3. The number of hydrogen-bond acceptors (Lipinski definition) is 2. The molecule has 0 radical (unpaired) electrons. The second-order valence-electron chi connectivity index (χ2n) is 5.03. The fourth-order valence-corrected chi connectivity index (χ4v) is 2.70. The normalized spacial score (nSPS) is 14.2. The first-order valence-electron chi connectivity index (χ1n) is 6.80. The standard InChI is InChI=1S/C17H16FNO2/c18-14-6-7-15-13(10-14)8-9-19(15)17(16(21)11-20)12-4-2-1-3-5-12/h1-10,16-17,20-21H,11H2/t16-,17+/m1/s1. The summed E-state index contributed by atoms with van der Waals surface area (Å²) < 4.78 is 15.2. The van der Waals surface area contributed by atoms with Crippen molar-refractivity contribution in [1.82, 2.24) is 4.57 Å². The third-order valence-electron chi connectivity index (χ3n) is 3.67. The maximum atomic E-state index is 13.3. The summed E-state index contributed by atoms with van der Waals surface area (Å²) in [4.78, 5) is 0. The van der Waals surface area contributed by atoms with Gasteiger partial charge in [-0.1, -0.05) is 30.3 Å². The molecular formula is C17H16FNO2. The van der Waals surface area contributed by atoms with Crippen molar-refractivity contribution in [2.24, 2.45) is 0 Å². The van der Waals surface area contributed by atoms with Gasteiger partial charge in [0.25, 0.3) is 0 Å². The zero-order valence-corrected chi connectivity index (χ0v) is 11.4. The Hall–Kier alpha value is -2.17. The number of aromatic nitrogens is 1. The highest BCUT2D eigenvalue weighted by atomic mass is 19.1. The Labute approximate surface area is 121 Å². The van der Waals surface area contributed by atoms with E-state index in [9.17, 15) is 14.6 Å². The summed E-state index contributed by atoms with van der Waals surface area (Å²) in [6, 6.07) is 15.4. The molecule has 0 bridgehead atoms. The molecular weight excluding hydrogens is 269 g/mol. The molecule has 2 N–H and O–H groups in total. The van der Waals surface area contributed by atoms with E-state index in [0.717, 1.165) is 16.5 Å². The third-order valence-corrected chi connectivity index (χ3v) is 3.67. The van der Waals surface area contributed by atoms with Gasteiger partial charge in [0.05, 0.1) is 12.6 Å². The molecule has 0 aliphatic heterocycles. The first-order chi connectivity index (χ1) is 10.2. The number of aliphatic hydroxyl groups is 2. The van der Waals surface area contributed by atoms with Crippen molar-refractivity contribution in [1.29, 1.82) is 0 Å². The monoisotopic (exact) mass is 285 g/mol. The summed E-state index contributed by atoms with van der Waals surface area (Å²) in [5.41, 5.74) is 1.71. The number of fused-ring (bicyclic) bond motifs is 1. The van der Waals surface area contributed by atoms with Gasteiger partial charge < -0.3 is 14.8 Å². The Morgan fingerprint density at radius 2 is 1.81 bits per heavy atom. The zero-order valence-electron chi connectivity index (χ0n) is 11.4. The average Bonchev–Trinajstić information content (AvgIpc) is 2.91. The lowest BCUT2D eigenvalue weighted by Crippen LogP contribution is -2.27. The smallest absolute Gasteiger partial charge is 0.123 e. The summed E-state index contributed by atoms with van der Waals surface area (Å²) >= 11 is 0. The third kappa shape index (κ3) is 2.55. The Kier molecular flexibility index (Phi) is 3.73. The van der Waals surface area contributed by atoms with Crippen LogP contribution in [0.5, 0.6) is 0 Å². The molecule has 0 aliphatic carbocycles. The Balaban J connectivity index is 2.15. The number of benzene rings is 2. The van der Waals surface area contributed by atoms with Crippen LogP contribution in [0.1, 0.15) is 11.6 Å². The fourth-order valence-electron chi connectivity index (χ4n) is 2.70. The quantitative estimate of drug-likeness (QED) is 0.774. The lowest BCUT2D eigenvalue weighted by Gasteiger charge is -2.24. The largest absolute Gasteiger partial charge is 0.394 e. The van der Waals surface area contributed by atoms with Crippen molar-refractivity contribution in [3.63, 3.8) is 0 Å². The minimum atomic E-state index is -0.937. The van der Waals surface area contributed by atoms with Crippen LogP contribution < -0.4 is 0 Å². The van der Waals surface area contributed by atoms with Gasteiger partial charge in [-0.05, 0) is 29.8 Å². The number of hydrogen-bond donors (Lipinski definition) is 2. The zero-order chi connectivity index (χ0) is 14.8. The fraction of sp³-hybridized carbons (Fsp3) is 0.176. The summed E-state index contributed by atoms with van der Waals surface area (Å²) in [5.74, 6) is -0.292. The van der Waals surface area contributed by atoms with Crippen molar-refractivity contribution in [2.45, 2.75) is 12.1 Å². The number of rotatable bonds is 4. The van der Waals surface area contributed by atoms with Gasteiger partial charge in [-0.2, -0.15) is 0 Å². The molecule has 21 heavy (non-hydrogen) atoms. The number of nitrogens with zero attached hydrogens (tertiary/aromatic N) is 1. The molecule has 2 atom stereocenters. The van der Waals surface area contributed by atoms with Gasteiger partial charge >= 0.3 is 0 Å². The summed E-state index contributed by atoms with van der Waals surface area (Å²) in [5, 5.41) is 20.3. The highest BCUT2D eigenvalue weighted by Crippen LogP contribution is 2.28. The van der Waals surface area contributed by atoms with Crippen LogP contribution >= 0.6 is 0 Å². The molecule has 3 nitrogen and oxygen atoms in total. The first-order valence-corrected chi connectivity index (χ1v) is 6.80. The van der Waals surface area contributed by atoms with Crippen molar-refractivity contribution in [3.8, 4) is 0 Å². The van der Waals surface area contributed by atoms with E-state index in [-0.39, 0.29) is 12.4 Å². The van der Waals surface area contributed by atoms with E-state index in [0.29, 0.717) is 0 Å². The van der Waals surface area contributed by atoms with Crippen molar-refractivity contribution >= 4 is 10.9 Å². The molecule has 108 valence electrons. The maximum Gasteiger partial charge on any atom is 0.123 e. The van der Waals surface area contributed by atoms with Crippen molar-refractivity contribution in [3.05, 3.63) is 72.2 Å². The Morgan fingerprint density at radius 1 is 1.05 bits per heavy atom. The molecule has 0 spiro atoms. The second-order valence-corrected chi connectivity index (χ2v) is 5.03. The van der Waals surface area contributed by atoms with Gasteiger partial charge in [-0.15, -0.1) is 0 Å². The highest BCUT2D eigenvalue weighted by Gasteiger charge is 2.23. The van der Waals surface area contributed by atoms with E-state index in [2.05, 4.69) is 0 Å². The molecule has 0 fully saturated rings. The van der Waals surface area contributed by atoms with E-state index < -0.39 is 12.1 Å². The van der Waals surface area contributed by atoms with E-state index in [1.54, 1.807) is 18.3 Å². The summed E-state index contributed by atoms with van der Waals surface area (Å²) in [6.45, 7) is -0.347. The molecule has 4 heteroatoms. The Bertz CT molecular complexity index is 739. The molecule has 0 unspecified atom stereocenters. The lowest BCUT2D eigenvalue weighted by atomic mass is 10.0. The van der Waals surface area contributed by atoms with Crippen LogP contribution in [0.3, 0.4) is 0 Å². The van der Waals surface area contributed by atoms with Gasteiger partial charge in [0, 0.05) is 17.1 Å². The first kappa shape index (κ1) is 13.8. The SMILES string of the molecule is OC[C@@H](O)[C@H](c1ccccc1)n1ccc2cc(F)ccc21. The molecule has 0 amide bonds. The van der Waals surface area contributed by atoms with E-state index in [4.69, 9.17) is 0 Å². The van der Waals surface area contributed by atoms with Crippen molar-refractivity contribution in [2.75, 3.05) is 6.61 Å². The lowest BCUT2D eigenvalue weighted by molar-refractivity contribution is 0.0654. The van der Waals surface area contributed by atoms with Gasteiger partial charge in [0.2, 0.25) is 0 Å². The van der Waals surface area contributed by atoms with Crippen LogP contribution in [0.2, 0.25) is 0 Å². The molecule has 1 aromatic heterocycles. The van der Waals surface area contributed by atoms with Crippen LogP contribution in [0.4, 0.5) is 4.39 Å². The van der Waals surface area contributed by atoms with E-state index >= 15 is 0 Å². The average molecular weight is 285 g/mol. The topological polar surface area (TPSA) is 45.4 Å². The van der Waals surface area contributed by atoms with Crippen LogP contribution in [0.15, 0.2) is 60.8 Å². The summed E-state index contributed by atoms with van der Waals surface area (Å²) in [7, 11) is 0. The highest BCUT2D eigenvalue weighted by molar-refractivity contribution is 5.80. The van der Waals surface area contributed by atoms with Gasteiger partial charge in [0.1, 0.15) is 11.9 Å². The van der Waals surface area contributed by atoms with E-state index in [1.165, 1.54) is 12.1 Å². The van der Waals surface area contributed by atoms with Crippen LogP contribution in [-0.2, 0) is 0 Å². The van der Waals surface area contributed by atoms with Crippen LogP contribution in [0.25, 0.3) is 10.9 Å². The minimum Gasteiger partial charge on any atom is -0.394 e. The van der Waals surface area contributed by atoms with Crippen LogP contribution in [-0.4, -0.2) is 27.5 Å². The van der Waals surface area contributed by atoms with Crippen molar-refractivity contribution < 1.29 is 14.6 Å². The second kappa shape index (κ2) is 5.68.